The molecular weight excluding hydrogens is 873 g/mol. The molecule has 4 heterocycles. The Kier molecular flexibility index (Phi) is 12.7. The molecule has 5 aliphatic rings. The number of oxime groups is 2. The van der Waals surface area contributed by atoms with E-state index in [1.807, 2.05) is 60.7 Å². The molecule has 4 atom stereocenters. The van der Waals surface area contributed by atoms with E-state index in [-0.39, 0.29) is 74.3 Å². The van der Waals surface area contributed by atoms with Crippen molar-refractivity contribution >= 4 is 47.1 Å². The zero-order valence-corrected chi connectivity index (χ0v) is 38.8. The molecule has 2 saturated heterocycles. The van der Waals surface area contributed by atoms with Crippen molar-refractivity contribution in [3.05, 3.63) is 131 Å². The van der Waals surface area contributed by atoms with Crippen LogP contribution in [-0.2, 0) is 33.5 Å². The van der Waals surface area contributed by atoms with E-state index < -0.39 is 58.6 Å². The fourth-order valence-electron chi connectivity index (χ4n) is 9.26. The molecule has 2 amide bonds. The standard InChI is InChI=1S/C29H24N2O6.C23H30N2O6/c32-26(18-8-2-1-3-9-18)24-14-29(37-30-24)15-25(27(33)34)31(17-29)28(35)36-16-23-21-12-6-4-10-19(21)20-11-5-7-13-22(20)23;1-21(2,3)29-19(27)17-13-23(14-25(17)20(28)30-22(4,5)6)12-16(24-31-23)18(26)15-10-8-7-9-11-15/h1-13,23,25H,14-17H2,(H,33,34);7-11,17H,12-14H2,1-6H3/t25-,29+;17-,23+/m00/s1. The number of nitrogens with zero attached hydrogens (tertiary/aromatic N) is 4. The van der Waals surface area contributed by atoms with Gasteiger partial charge in [-0.3, -0.25) is 19.4 Å². The summed E-state index contributed by atoms with van der Waals surface area (Å²) < 4.78 is 16.7. The van der Waals surface area contributed by atoms with Gasteiger partial charge in [0.25, 0.3) is 0 Å². The van der Waals surface area contributed by atoms with E-state index in [0.29, 0.717) is 11.1 Å². The zero-order chi connectivity index (χ0) is 48.6. The average molecular weight is 927 g/mol. The minimum Gasteiger partial charge on any atom is -0.480 e. The lowest BCUT2D eigenvalue weighted by Crippen LogP contribution is -2.46. The number of esters is 1. The van der Waals surface area contributed by atoms with Gasteiger partial charge in [-0.25, -0.2) is 19.2 Å². The van der Waals surface area contributed by atoms with Gasteiger partial charge in [0.1, 0.15) is 41.3 Å². The Morgan fingerprint density at radius 1 is 0.603 bits per heavy atom. The third-order valence-electron chi connectivity index (χ3n) is 12.2. The fourth-order valence-corrected chi connectivity index (χ4v) is 9.26. The molecule has 0 bridgehead atoms. The molecule has 0 aromatic heterocycles. The van der Waals surface area contributed by atoms with E-state index in [1.54, 1.807) is 90.1 Å². The smallest absolute Gasteiger partial charge is 0.411 e. The Morgan fingerprint density at radius 2 is 1.03 bits per heavy atom. The lowest BCUT2D eigenvalue weighted by atomic mass is 9.91. The summed E-state index contributed by atoms with van der Waals surface area (Å²) in [5, 5.41) is 17.9. The summed E-state index contributed by atoms with van der Waals surface area (Å²) in [6.45, 7) is 10.7. The number of carbonyl (C=O) groups excluding carboxylic acids is 5. The number of ketones is 2. The number of hydrogen-bond donors (Lipinski definition) is 1. The summed E-state index contributed by atoms with van der Waals surface area (Å²) in [5.74, 6) is -2.35. The molecule has 16 nitrogen and oxygen atoms in total. The van der Waals surface area contributed by atoms with Crippen LogP contribution in [-0.4, -0.2) is 116 Å². The van der Waals surface area contributed by atoms with Crippen molar-refractivity contribution < 1.29 is 57.8 Å². The van der Waals surface area contributed by atoms with Crippen LogP contribution in [0.15, 0.2) is 120 Å². The highest BCUT2D eigenvalue weighted by Crippen LogP contribution is 2.45. The van der Waals surface area contributed by atoms with Crippen molar-refractivity contribution in [2.75, 3.05) is 19.7 Å². The molecule has 2 fully saturated rings. The molecule has 9 rings (SSSR count). The van der Waals surface area contributed by atoms with E-state index in [1.165, 1.54) is 9.80 Å². The quantitative estimate of drug-likeness (QED) is 0.101. The summed E-state index contributed by atoms with van der Waals surface area (Å²) in [6, 6.07) is 31.5. The lowest BCUT2D eigenvalue weighted by Gasteiger charge is -2.29. The van der Waals surface area contributed by atoms with E-state index >= 15 is 0 Å². The van der Waals surface area contributed by atoms with Crippen LogP contribution in [0.3, 0.4) is 0 Å². The van der Waals surface area contributed by atoms with Gasteiger partial charge in [0.15, 0.2) is 11.2 Å². The van der Waals surface area contributed by atoms with Crippen molar-refractivity contribution in [3.63, 3.8) is 0 Å². The molecule has 4 aliphatic heterocycles. The van der Waals surface area contributed by atoms with Crippen molar-refractivity contribution in [2.45, 2.75) is 108 Å². The number of rotatable bonds is 8. The highest BCUT2D eigenvalue weighted by atomic mass is 16.7. The number of hydrogen-bond acceptors (Lipinski definition) is 13. The molecule has 4 aromatic carbocycles. The van der Waals surface area contributed by atoms with Crippen LogP contribution in [0.25, 0.3) is 11.1 Å². The van der Waals surface area contributed by atoms with E-state index in [4.69, 9.17) is 23.9 Å². The number of carboxylic acids is 1. The lowest BCUT2D eigenvalue weighted by molar-refractivity contribution is -0.160. The van der Waals surface area contributed by atoms with Crippen LogP contribution < -0.4 is 0 Å². The van der Waals surface area contributed by atoms with Crippen LogP contribution in [0.4, 0.5) is 9.59 Å². The molecule has 4 aromatic rings. The molecule has 354 valence electrons. The highest BCUT2D eigenvalue weighted by Gasteiger charge is 2.57. The first-order valence-electron chi connectivity index (χ1n) is 22.5. The second kappa shape index (κ2) is 18.4. The monoisotopic (exact) mass is 926 g/mol. The first-order chi connectivity index (χ1) is 32.2. The van der Waals surface area contributed by atoms with E-state index in [2.05, 4.69) is 10.3 Å². The van der Waals surface area contributed by atoms with Gasteiger partial charge in [-0.1, -0.05) is 120 Å². The Bertz CT molecular complexity index is 2610. The number of aliphatic carboxylic acids is 1. The van der Waals surface area contributed by atoms with Crippen molar-refractivity contribution in [2.24, 2.45) is 10.3 Å². The predicted molar refractivity (Wildman–Crippen MR) is 248 cm³/mol. The van der Waals surface area contributed by atoms with Crippen LogP contribution in [0.5, 0.6) is 0 Å². The summed E-state index contributed by atoms with van der Waals surface area (Å²) in [7, 11) is 0. The molecular formula is C52H54N4O12. The second-order valence-electron chi connectivity index (χ2n) is 19.7. The topological polar surface area (TPSA) is 200 Å². The maximum atomic E-state index is 13.2. The molecule has 68 heavy (non-hydrogen) atoms. The van der Waals surface area contributed by atoms with Gasteiger partial charge in [-0.15, -0.1) is 0 Å². The number of ether oxygens (including phenoxy) is 3. The van der Waals surface area contributed by atoms with Gasteiger partial charge < -0.3 is 29.0 Å². The maximum absolute atomic E-state index is 13.2. The maximum Gasteiger partial charge on any atom is 0.411 e. The first-order valence-corrected chi connectivity index (χ1v) is 22.5. The first kappa shape index (κ1) is 47.1. The van der Waals surface area contributed by atoms with Crippen LogP contribution in [0, 0.1) is 0 Å². The second-order valence-corrected chi connectivity index (χ2v) is 19.7. The van der Waals surface area contributed by atoms with Crippen molar-refractivity contribution in [3.8, 4) is 11.1 Å². The van der Waals surface area contributed by atoms with Crippen LogP contribution in [0.1, 0.15) is 105 Å². The molecule has 1 N–H and O–H groups in total. The third kappa shape index (κ3) is 9.99. The average Bonchev–Trinajstić information content (AvgIpc) is 4.15. The molecule has 0 unspecified atom stereocenters. The molecule has 16 heteroatoms. The fraction of sp³-hybridized carbons (Fsp3) is 0.385. The summed E-state index contributed by atoms with van der Waals surface area (Å²) in [6.07, 6.45) is -0.862. The number of Topliss-reactive ketones (excluding diaryl/α,β-unsaturated/α-hetero) is 2. The molecule has 2 spiro atoms. The molecule has 0 radical (unpaired) electrons. The summed E-state index contributed by atoms with van der Waals surface area (Å²) >= 11 is 0. The number of carbonyl (C=O) groups is 6. The number of fused-ring (bicyclic) bond motifs is 3. The highest BCUT2D eigenvalue weighted by molar-refractivity contribution is 6.46. The predicted octanol–water partition coefficient (Wildman–Crippen LogP) is 8.23. The van der Waals surface area contributed by atoms with Crippen LogP contribution >= 0.6 is 0 Å². The Hall–Kier alpha value is -7.36. The Labute approximate surface area is 393 Å². The molecule has 1 aliphatic carbocycles. The summed E-state index contributed by atoms with van der Waals surface area (Å²) in [5.41, 5.74) is 2.32. The summed E-state index contributed by atoms with van der Waals surface area (Å²) in [4.78, 5) is 90.5. The largest absolute Gasteiger partial charge is 0.480 e. The third-order valence-corrected chi connectivity index (χ3v) is 12.2. The minimum absolute atomic E-state index is 0.0155. The van der Waals surface area contributed by atoms with Gasteiger partial charge in [0.2, 0.25) is 11.6 Å². The van der Waals surface area contributed by atoms with Gasteiger partial charge in [0, 0.05) is 42.7 Å². The van der Waals surface area contributed by atoms with Crippen molar-refractivity contribution in [1.29, 1.82) is 0 Å². The molecule has 0 saturated carbocycles. The normalized spacial score (nSPS) is 22.5. The van der Waals surface area contributed by atoms with Gasteiger partial charge in [-0.2, -0.15) is 0 Å². The number of benzene rings is 4. The Morgan fingerprint density at radius 3 is 1.49 bits per heavy atom. The van der Waals surface area contributed by atoms with Crippen LogP contribution in [0.2, 0.25) is 0 Å². The number of amides is 2. The Balaban J connectivity index is 0.000000187. The van der Waals surface area contributed by atoms with E-state index in [0.717, 1.165) is 22.3 Å². The number of likely N-dealkylation sites (tertiary alicyclic amines) is 2. The van der Waals surface area contributed by atoms with Crippen molar-refractivity contribution in [1.82, 2.24) is 9.80 Å². The van der Waals surface area contributed by atoms with Gasteiger partial charge in [-0.05, 0) is 63.8 Å². The van der Waals surface area contributed by atoms with Gasteiger partial charge in [0.05, 0.1) is 13.1 Å². The van der Waals surface area contributed by atoms with Gasteiger partial charge >= 0.3 is 24.1 Å². The van der Waals surface area contributed by atoms with E-state index in [9.17, 15) is 33.9 Å². The number of carboxylic acid groups (broad SMARTS) is 1. The minimum atomic E-state index is -1.16. The zero-order valence-electron chi connectivity index (χ0n) is 38.8. The SMILES string of the molecule is CC(C)(C)OC(=O)[C@@H]1C[C@]2(CC(C(=O)c3ccccc3)=NO2)CN1C(=O)OC(C)(C)C.O=C(C1=NO[C@]2(C1)C[C@@H](C(=O)O)N(C(=O)OCC1c3ccccc3-c3ccccc31)C2)c1ccccc1.